The van der Waals surface area contributed by atoms with Crippen LogP contribution in [0.25, 0.3) is 0 Å². The fraction of sp³-hybridized carbons (Fsp3) is 0.143. The number of carbonyl (C=O) groups is 1. The smallest absolute Gasteiger partial charge is 0.337 e. The summed E-state index contributed by atoms with van der Waals surface area (Å²) in [5.74, 6) is -0.331. The van der Waals surface area contributed by atoms with E-state index in [1.54, 1.807) is 24.5 Å². The third-order valence-electron chi connectivity index (χ3n) is 1.10. The standard InChI is InChI=1S/C7H7NO2.H3N/c1-10-7(9)6-2-4-8-5-3-6;/h2-5H,1H3;1H3. The SMILES string of the molecule is COC(=O)c1ccncc1.N. The maximum Gasteiger partial charge on any atom is 0.337 e. The van der Waals surface area contributed by atoms with E-state index in [0.29, 0.717) is 5.56 Å². The molecule has 0 aromatic carbocycles. The first kappa shape index (κ1) is 9.58. The molecule has 0 atom stereocenters. The molecule has 0 saturated heterocycles. The van der Waals surface area contributed by atoms with Gasteiger partial charge in [-0.3, -0.25) is 4.98 Å². The van der Waals surface area contributed by atoms with Crippen molar-refractivity contribution in [3.8, 4) is 0 Å². The van der Waals surface area contributed by atoms with Crippen molar-refractivity contribution in [2.75, 3.05) is 7.11 Å². The monoisotopic (exact) mass is 154 g/mol. The van der Waals surface area contributed by atoms with Gasteiger partial charge in [0.1, 0.15) is 0 Å². The minimum atomic E-state index is -0.331. The summed E-state index contributed by atoms with van der Waals surface area (Å²) in [5.41, 5.74) is 0.525. The van der Waals surface area contributed by atoms with Gasteiger partial charge >= 0.3 is 5.97 Å². The Morgan fingerprint density at radius 2 is 2.00 bits per heavy atom. The van der Waals surface area contributed by atoms with Crippen LogP contribution in [0.2, 0.25) is 0 Å². The number of nitrogens with zero attached hydrogens (tertiary/aromatic N) is 1. The topological polar surface area (TPSA) is 74.2 Å². The number of hydrogen-bond donors (Lipinski definition) is 1. The Labute approximate surface area is 64.8 Å². The highest BCUT2D eigenvalue weighted by Gasteiger charge is 2.01. The lowest BCUT2D eigenvalue weighted by molar-refractivity contribution is 0.0600. The molecular weight excluding hydrogens is 144 g/mol. The summed E-state index contributed by atoms with van der Waals surface area (Å²) in [6.07, 6.45) is 3.10. The quantitative estimate of drug-likeness (QED) is 0.613. The number of aromatic nitrogens is 1. The zero-order valence-corrected chi connectivity index (χ0v) is 6.28. The fourth-order valence-corrected chi connectivity index (χ4v) is 0.606. The van der Waals surface area contributed by atoms with Crippen LogP contribution in [0.3, 0.4) is 0 Å². The summed E-state index contributed by atoms with van der Waals surface area (Å²) < 4.78 is 4.47. The summed E-state index contributed by atoms with van der Waals surface area (Å²) in [6, 6.07) is 3.21. The molecule has 11 heavy (non-hydrogen) atoms. The number of rotatable bonds is 1. The van der Waals surface area contributed by atoms with E-state index < -0.39 is 0 Å². The second kappa shape index (κ2) is 4.40. The van der Waals surface area contributed by atoms with E-state index in [0.717, 1.165) is 0 Å². The highest BCUT2D eigenvalue weighted by atomic mass is 16.5. The molecule has 0 aliphatic rings. The molecule has 0 spiro atoms. The van der Waals surface area contributed by atoms with Crippen LogP contribution in [-0.4, -0.2) is 18.1 Å². The average Bonchev–Trinajstić information content (AvgIpc) is 2.05. The molecule has 0 bridgehead atoms. The summed E-state index contributed by atoms with van der Waals surface area (Å²) in [6.45, 7) is 0. The van der Waals surface area contributed by atoms with E-state index in [9.17, 15) is 4.79 Å². The first-order valence-corrected chi connectivity index (χ1v) is 2.83. The van der Waals surface area contributed by atoms with E-state index in [1.165, 1.54) is 7.11 Å². The molecular formula is C7H10N2O2. The number of ether oxygens (including phenoxy) is 1. The van der Waals surface area contributed by atoms with Gasteiger partial charge in [-0.2, -0.15) is 0 Å². The van der Waals surface area contributed by atoms with E-state index >= 15 is 0 Å². The van der Waals surface area contributed by atoms with Crippen molar-refractivity contribution in [2.45, 2.75) is 0 Å². The van der Waals surface area contributed by atoms with Crippen LogP contribution in [0, 0.1) is 0 Å². The van der Waals surface area contributed by atoms with Crippen LogP contribution in [-0.2, 0) is 4.74 Å². The van der Waals surface area contributed by atoms with Crippen LogP contribution >= 0.6 is 0 Å². The van der Waals surface area contributed by atoms with Gasteiger partial charge < -0.3 is 10.9 Å². The molecule has 0 radical (unpaired) electrons. The van der Waals surface area contributed by atoms with Gasteiger partial charge in [0.05, 0.1) is 12.7 Å². The third-order valence-corrected chi connectivity index (χ3v) is 1.10. The molecule has 1 aromatic rings. The lowest BCUT2D eigenvalue weighted by Crippen LogP contribution is -2.00. The molecule has 1 rings (SSSR count). The van der Waals surface area contributed by atoms with Crippen molar-refractivity contribution >= 4 is 5.97 Å². The molecule has 60 valence electrons. The Kier molecular flexibility index (Phi) is 3.84. The number of methoxy groups -OCH3 is 1. The number of hydrogen-bond acceptors (Lipinski definition) is 4. The van der Waals surface area contributed by atoms with Gasteiger partial charge in [-0.15, -0.1) is 0 Å². The molecule has 0 unspecified atom stereocenters. The number of pyridine rings is 1. The van der Waals surface area contributed by atoms with E-state index in [2.05, 4.69) is 9.72 Å². The van der Waals surface area contributed by atoms with Crippen molar-refractivity contribution in [1.82, 2.24) is 11.1 Å². The predicted molar refractivity (Wildman–Crippen MR) is 40.6 cm³/mol. The predicted octanol–water partition coefficient (Wildman–Crippen LogP) is 1.03. The maximum absolute atomic E-state index is 10.8. The molecule has 4 nitrogen and oxygen atoms in total. The van der Waals surface area contributed by atoms with Crippen LogP contribution < -0.4 is 6.15 Å². The molecule has 4 heteroatoms. The van der Waals surface area contributed by atoms with Crippen LogP contribution in [0.5, 0.6) is 0 Å². The molecule has 0 aliphatic carbocycles. The van der Waals surface area contributed by atoms with E-state index in [1.807, 2.05) is 0 Å². The minimum absolute atomic E-state index is 0. The highest BCUT2D eigenvalue weighted by molar-refractivity contribution is 5.88. The average molecular weight is 154 g/mol. The molecule has 1 aromatic heterocycles. The Morgan fingerprint density at radius 1 is 1.45 bits per heavy atom. The maximum atomic E-state index is 10.8. The van der Waals surface area contributed by atoms with Crippen LogP contribution in [0.4, 0.5) is 0 Å². The molecule has 0 aliphatic heterocycles. The molecule has 0 saturated carbocycles. The molecule has 3 N–H and O–H groups in total. The van der Waals surface area contributed by atoms with E-state index in [4.69, 9.17) is 0 Å². The van der Waals surface area contributed by atoms with Gasteiger partial charge in [-0.05, 0) is 12.1 Å². The van der Waals surface area contributed by atoms with Crippen molar-refractivity contribution in [3.63, 3.8) is 0 Å². The summed E-state index contributed by atoms with van der Waals surface area (Å²) in [4.78, 5) is 14.5. The van der Waals surface area contributed by atoms with Gasteiger partial charge in [-0.1, -0.05) is 0 Å². The molecule has 0 fully saturated rings. The number of carbonyl (C=O) groups excluding carboxylic acids is 1. The first-order chi connectivity index (χ1) is 4.84. The Bertz CT molecular complexity index is 223. The van der Waals surface area contributed by atoms with Crippen molar-refractivity contribution in [2.24, 2.45) is 0 Å². The van der Waals surface area contributed by atoms with Gasteiger partial charge in [-0.25, -0.2) is 4.79 Å². The van der Waals surface area contributed by atoms with Crippen molar-refractivity contribution in [1.29, 1.82) is 0 Å². The fourth-order valence-electron chi connectivity index (χ4n) is 0.606. The van der Waals surface area contributed by atoms with Crippen molar-refractivity contribution in [3.05, 3.63) is 30.1 Å². The zero-order valence-electron chi connectivity index (χ0n) is 6.28. The second-order valence-electron chi connectivity index (χ2n) is 1.73. The Balaban J connectivity index is 0.000001000. The lowest BCUT2D eigenvalue weighted by Gasteiger charge is -1.95. The summed E-state index contributed by atoms with van der Waals surface area (Å²) >= 11 is 0. The molecule has 0 amide bonds. The van der Waals surface area contributed by atoms with Crippen LogP contribution in [0.1, 0.15) is 10.4 Å². The van der Waals surface area contributed by atoms with Gasteiger partial charge in [0, 0.05) is 12.4 Å². The summed E-state index contributed by atoms with van der Waals surface area (Å²) in [7, 11) is 1.35. The zero-order chi connectivity index (χ0) is 7.40. The molecule has 1 heterocycles. The second-order valence-corrected chi connectivity index (χ2v) is 1.73. The first-order valence-electron chi connectivity index (χ1n) is 2.83. The Morgan fingerprint density at radius 3 is 2.45 bits per heavy atom. The van der Waals surface area contributed by atoms with Gasteiger partial charge in [0.25, 0.3) is 0 Å². The summed E-state index contributed by atoms with van der Waals surface area (Å²) in [5, 5.41) is 0. The van der Waals surface area contributed by atoms with Crippen LogP contribution in [0.15, 0.2) is 24.5 Å². The lowest BCUT2D eigenvalue weighted by atomic mass is 10.3. The minimum Gasteiger partial charge on any atom is -0.465 e. The Hall–Kier alpha value is -1.42. The third kappa shape index (κ3) is 2.35. The van der Waals surface area contributed by atoms with Gasteiger partial charge in [0.2, 0.25) is 0 Å². The highest BCUT2D eigenvalue weighted by Crippen LogP contribution is 1.96. The van der Waals surface area contributed by atoms with Gasteiger partial charge in [0.15, 0.2) is 0 Å². The number of esters is 1. The van der Waals surface area contributed by atoms with Crippen molar-refractivity contribution < 1.29 is 9.53 Å². The van der Waals surface area contributed by atoms with E-state index in [-0.39, 0.29) is 12.1 Å². The largest absolute Gasteiger partial charge is 0.465 e. The normalized spacial score (nSPS) is 8.09.